The Morgan fingerprint density at radius 2 is 2.31 bits per heavy atom. The Balaban J connectivity index is 1.92. The molecule has 0 aliphatic heterocycles. The lowest BCUT2D eigenvalue weighted by Crippen LogP contribution is -2.42. The molecule has 3 heteroatoms. The Morgan fingerprint density at radius 3 is 3.00 bits per heavy atom. The van der Waals surface area contributed by atoms with Gasteiger partial charge in [-0.2, -0.15) is 0 Å². The maximum Gasteiger partial charge on any atom is 0.0388 e. The molecule has 2 rings (SSSR count). The molecular formula is C13H22N2S. The quantitative estimate of drug-likeness (QED) is 0.846. The van der Waals surface area contributed by atoms with Gasteiger partial charge < -0.3 is 11.1 Å². The SMILES string of the molecule is CC(NC1CCCCC1CN)c1cccs1. The summed E-state index contributed by atoms with van der Waals surface area (Å²) in [7, 11) is 0. The maximum absolute atomic E-state index is 5.85. The summed E-state index contributed by atoms with van der Waals surface area (Å²) in [5.74, 6) is 0.677. The summed E-state index contributed by atoms with van der Waals surface area (Å²) in [6.07, 6.45) is 5.29. The summed E-state index contributed by atoms with van der Waals surface area (Å²) < 4.78 is 0. The Hall–Kier alpha value is -0.380. The molecule has 1 aliphatic rings. The number of hydrogen-bond acceptors (Lipinski definition) is 3. The predicted molar refractivity (Wildman–Crippen MR) is 70.7 cm³/mol. The van der Waals surface area contributed by atoms with Crippen molar-refractivity contribution >= 4 is 11.3 Å². The van der Waals surface area contributed by atoms with Crippen LogP contribution in [0, 0.1) is 5.92 Å². The number of hydrogen-bond donors (Lipinski definition) is 2. The highest BCUT2D eigenvalue weighted by molar-refractivity contribution is 7.10. The minimum Gasteiger partial charge on any atom is -0.330 e. The van der Waals surface area contributed by atoms with Crippen LogP contribution in [0.4, 0.5) is 0 Å². The van der Waals surface area contributed by atoms with E-state index in [1.807, 2.05) is 11.3 Å². The van der Waals surface area contributed by atoms with Crippen molar-refractivity contribution in [3.8, 4) is 0 Å². The van der Waals surface area contributed by atoms with Crippen LogP contribution < -0.4 is 11.1 Å². The minimum atomic E-state index is 0.470. The fraction of sp³-hybridized carbons (Fsp3) is 0.692. The molecule has 1 aliphatic carbocycles. The van der Waals surface area contributed by atoms with Crippen molar-refractivity contribution in [2.75, 3.05) is 6.54 Å². The molecule has 1 aromatic heterocycles. The average molecular weight is 238 g/mol. The van der Waals surface area contributed by atoms with Crippen LogP contribution in [0.2, 0.25) is 0 Å². The van der Waals surface area contributed by atoms with Crippen LogP contribution >= 0.6 is 11.3 Å². The summed E-state index contributed by atoms with van der Waals surface area (Å²) in [5, 5.41) is 5.90. The van der Waals surface area contributed by atoms with Gasteiger partial charge in [-0.3, -0.25) is 0 Å². The van der Waals surface area contributed by atoms with Gasteiger partial charge in [0.2, 0.25) is 0 Å². The molecule has 16 heavy (non-hydrogen) atoms. The van der Waals surface area contributed by atoms with Crippen molar-refractivity contribution in [3.05, 3.63) is 22.4 Å². The fourth-order valence-electron chi connectivity index (χ4n) is 2.65. The van der Waals surface area contributed by atoms with Gasteiger partial charge in [-0.05, 0) is 43.7 Å². The van der Waals surface area contributed by atoms with Gasteiger partial charge in [0.05, 0.1) is 0 Å². The summed E-state index contributed by atoms with van der Waals surface area (Å²) >= 11 is 1.83. The van der Waals surface area contributed by atoms with E-state index in [9.17, 15) is 0 Å². The van der Waals surface area contributed by atoms with Crippen LogP contribution in [0.3, 0.4) is 0 Å². The van der Waals surface area contributed by atoms with E-state index in [1.54, 1.807) is 0 Å². The Labute approximate surface area is 102 Å². The van der Waals surface area contributed by atoms with Crippen LogP contribution in [0.25, 0.3) is 0 Å². The van der Waals surface area contributed by atoms with Crippen molar-refractivity contribution in [1.82, 2.24) is 5.32 Å². The lowest BCUT2D eigenvalue weighted by atomic mass is 9.84. The number of thiophene rings is 1. The first-order valence-corrected chi connectivity index (χ1v) is 7.18. The standard InChI is InChI=1S/C13H22N2S/c1-10(13-7-4-8-16-13)15-12-6-3-2-5-11(12)9-14/h4,7-8,10-12,15H,2-3,5-6,9,14H2,1H3. The Bertz CT molecular complexity index is 297. The van der Waals surface area contributed by atoms with Gasteiger partial charge in [-0.25, -0.2) is 0 Å². The number of nitrogens with one attached hydrogen (secondary N) is 1. The molecule has 0 spiro atoms. The highest BCUT2D eigenvalue weighted by Crippen LogP contribution is 2.27. The first-order valence-electron chi connectivity index (χ1n) is 6.30. The molecule has 0 amide bonds. The largest absolute Gasteiger partial charge is 0.330 e. The zero-order chi connectivity index (χ0) is 11.4. The summed E-state index contributed by atoms with van der Waals surface area (Å²) in [5.41, 5.74) is 5.85. The summed E-state index contributed by atoms with van der Waals surface area (Å²) in [6, 6.07) is 5.43. The number of nitrogens with two attached hydrogens (primary N) is 1. The monoisotopic (exact) mass is 238 g/mol. The third-order valence-corrected chi connectivity index (χ3v) is 4.70. The molecule has 1 saturated carbocycles. The van der Waals surface area contributed by atoms with Gasteiger partial charge in [0.15, 0.2) is 0 Å². The second-order valence-corrected chi connectivity index (χ2v) is 5.77. The molecule has 0 bridgehead atoms. The molecule has 1 heterocycles. The van der Waals surface area contributed by atoms with Crippen molar-refractivity contribution in [2.24, 2.45) is 11.7 Å². The molecule has 2 nitrogen and oxygen atoms in total. The smallest absolute Gasteiger partial charge is 0.0388 e. The first kappa shape index (κ1) is 12.1. The van der Waals surface area contributed by atoms with Crippen molar-refractivity contribution in [2.45, 2.75) is 44.7 Å². The molecule has 0 radical (unpaired) electrons. The van der Waals surface area contributed by atoms with Crippen LogP contribution in [0.1, 0.15) is 43.5 Å². The van der Waals surface area contributed by atoms with E-state index < -0.39 is 0 Å². The highest BCUT2D eigenvalue weighted by Gasteiger charge is 2.25. The number of rotatable bonds is 4. The first-order chi connectivity index (χ1) is 7.81. The molecule has 1 fully saturated rings. The van der Waals surface area contributed by atoms with E-state index in [1.165, 1.54) is 30.6 Å². The lowest BCUT2D eigenvalue weighted by Gasteiger charge is -2.33. The van der Waals surface area contributed by atoms with E-state index in [-0.39, 0.29) is 0 Å². The van der Waals surface area contributed by atoms with Gasteiger partial charge in [0, 0.05) is 17.0 Å². The molecule has 0 aromatic carbocycles. The Morgan fingerprint density at radius 1 is 1.50 bits per heavy atom. The zero-order valence-corrected chi connectivity index (χ0v) is 10.8. The molecule has 0 saturated heterocycles. The van der Waals surface area contributed by atoms with Crippen LogP contribution in [0.15, 0.2) is 17.5 Å². The second-order valence-electron chi connectivity index (χ2n) is 4.79. The van der Waals surface area contributed by atoms with E-state index in [0.29, 0.717) is 18.0 Å². The Kier molecular flexibility index (Phi) is 4.38. The van der Waals surface area contributed by atoms with Gasteiger partial charge in [-0.1, -0.05) is 18.9 Å². The summed E-state index contributed by atoms with van der Waals surface area (Å²) in [4.78, 5) is 1.43. The lowest BCUT2D eigenvalue weighted by molar-refractivity contribution is 0.253. The normalized spacial score (nSPS) is 27.9. The van der Waals surface area contributed by atoms with Gasteiger partial charge in [0.25, 0.3) is 0 Å². The minimum absolute atomic E-state index is 0.470. The van der Waals surface area contributed by atoms with E-state index in [0.717, 1.165) is 6.54 Å². The fourth-order valence-corrected chi connectivity index (χ4v) is 3.39. The predicted octanol–water partition coefficient (Wildman–Crippen LogP) is 2.92. The van der Waals surface area contributed by atoms with Crippen molar-refractivity contribution in [3.63, 3.8) is 0 Å². The van der Waals surface area contributed by atoms with Crippen LogP contribution in [-0.2, 0) is 0 Å². The van der Waals surface area contributed by atoms with Crippen molar-refractivity contribution < 1.29 is 0 Å². The van der Waals surface area contributed by atoms with E-state index in [4.69, 9.17) is 5.73 Å². The summed E-state index contributed by atoms with van der Waals surface area (Å²) in [6.45, 7) is 3.09. The van der Waals surface area contributed by atoms with Gasteiger partial charge in [-0.15, -0.1) is 11.3 Å². The zero-order valence-electron chi connectivity index (χ0n) is 9.99. The average Bonchev–Trinajstić information content (AvgIpc) is 2.83. The van der Waals surface area contributed by atoms with E-state index >= 15 is 0 Å². The van der Waals surface area contributed by atoms with Gasteiger partial charge >= 0.3 is 0 Å². The molecule has 1 aromatic rings. The second kappa shape index (κ2) is 5.80. The third kappa shape index (κ3) is 2.84. The topological polar surface area (TPSA) is 38.0 Å². The molecule has 3 atom stereocenters. The molecule has 90 valence electrons. The van der Waals surface area contributed by atoms with Crippen LogP contribution in [0.5, 0.6) is 0 Å². The van der Waals surface area contributed by atoms with Crippen molar-refractivity contribution in [1.29, 1.82) is 0 Å². The van der Waals surface area contributed by atoms with Gasteiger partial charge in [0.1, 0.15) is 0 Å². The molecular weight excluding hydrogens is 216 g/mol. The van der Waals surface area contributed by atoms with Crippen LogP contribution in [-0.4, -0.2) is 12.6 Å². The highest BCUT2D eigenvalue weighted by atomic mass is 32.1. The molecule has 3 unspecified atom stereocenters. The van der Waals surface area contributed by atoms with E-state index in [2.05, 4.69) is 29.8 Å². The molecule has 3 N–H and O–H groups in total. The third-order valence-electron chi connectivity index (χ3n) is 3.65. The maximum atomic E-state index is 5.85.